The number of halogens is 2. The first-order chi connectivity index (χ1) is 15.3. The average Bonchev–Trinajstić information content (AvgIpc) is 3.05. The van der Waals surface area contributed by atoms with Crippen LogP contribution < -0.4 is 5.43 Å². The van der Waals surface area contributed by atoms with Gasteiger partial charge in [0.2, 0.25) is 5.76 Å². The second-order valence-corrected chi connectivity index (χ2v) is 8.95. The van der Waals surface area contributed by atoms with Gasteiger partial charge in [0.05, 0.1) is 17.0 Å². The van der Waals surface area contributed by atoms with Crippen molar-refractivity contribution >= 4 is 40.1 Å². The molecule has 168 valence electrons. The SMILES string of the molecule is CCN(CC)CCCN1C(=O)c2oc3cc(C)c(Cl)cc3c(=O)c2C1c1ccc(Cl)cc1. The highest BCUT2D eigenvalue weighted by molar-refractivity contribution is 6.32. The van der Waals surface area contributed by atoms with E-state index in [0.717, 1.165) is 37.2 Å². The Hall–Kier alpha value is -2.34. The molecule has 1 unspecified atom stereocenters. The lowest BCUT2D eigenvalue weighted by Crippen LogP contribution is -2.33. The van der Waals surface area contributed by atoms with Crippen molar-refractivity contribution in [2.45, 2.75) is 33.2 Å². The van der Waals surface area contributed by atoms with Gasteiger partial charge in [0.15, 0.2) is 5.43 Å². The molecule has 3 aromatic rings. The predicted molar refractivity (Wildman–Crippen MR) is 129 cm³/mol. The smallest absolute Gasteiger partial charge is 0.290 e. The van der Waals surface area contributed by atoms with Gasteiger partial charge in [-0.1, -0.05) is 49.2 Å². The number of carbonyl (C=O) groups excluding carboxylic acids is 1. The molecule has 0 aliphatic carbocycles. The van der Waals surface area contributed by atoms with Crippen LogP contribution in [0.15, 0.2) is 45.6 Å². The Bertz CT molecular complexity index is 1220. The Kier molecular flexibility index (Phi) is 6.61. The molecule has 32 heavy (non-hydrogen) atoms. The van der Waals surface area contributed by atoms with Gasteiger partial charge in [-0.25, -0.2) is 0 Å². The summed E-state index contributed by atoms with van der Waals surface area (Å²) in [5.41, 5.74) is 2.14. The van der Waals surface area contributed by atoms with Crippen LogP contribution in [0, 0.1) is 6.92 Å². The maximum atomic E-state index is 13.6. The fourth-order valence-corrected chi connectivity index (χ4v) is 4.66. The van der Waals surface area contributed by atoms with Crippen LogP contribution in [0.1, 0.15) is 53.6 Å². The average molecular weight is 473 g/mol. The third-order valence-corrected chi connectivity index (χ3v) is 6.86. The first-order valence-electron chi connectivity index (χ1n) is 10.9. The number of carbonyl (C=O) groups is 1. The van der Waals surface area contributed by atoms with Gasteiger partial charge < -0.3 is 14.2 Å². The summed E-state index contributed by atoms with van der Waals surface area (Å²) in [6, 6.07) is 10.1. The van der Waals surface area contributed by atoms with Crippen molar-refractivity contribution in [2.75, 3.05) is 26.2 Å². The van der Waals surface area contributed by atoms with E-state index < -0.39 is 6.04 Å². The molecule has 0 N–H and O–H groups in total. The molecule has 1 atom stereocenters. The molecule has 0 saturated carbocycles. The third-order valence-electron chi connectivity index (χ3n) is 6.20. The van der Waals surface area contributed by atoms with Gasteiger partial charge in [0, 0.05) is 16.6 Å². The van der Waals surface area contributed by atoms with Gasteiger partial charge in [-0.05, 0) is 68.4 Å². The number of nitrogens with zero attached hydrogens (tertiary/aromatic N) is 2. The summed E-state index contributed by atoms with van der Waals surface area (Å²) in [4.78, 5) is 31.1. The second-order valence-electron chi connectivity index (χ2n) is 8.10. The lowest BCUT2D eigenvalue weighted by atomic mass is 9.98. The molecule has 5 nitrogen and oxygen atoms in total. The zero-order valence-corrected chi connectivity index (χ0v) is 20.0. The molecule has 7 heteroatoms. The van der Waals surface area contributed by atoms with E-state index in [1.165, 1.54) is 0 Å². The highest BCUT2D eigenvalue weighted by Gasteiger charge is 2.42. The van der Waals surface area contributed by atoms with Crippen LogP contribution in [-0.4, -0.2) is 41.9 Å². The minimum absolute atomic E-state index is 0.118. The molecule has 1 aliphatic heterocycles. The molecule has 1 aromatic heterocycles. The number of rotatable bonds is 7. The van der Waals surface area contributed by atoms with Crippen molar-refractivity contribution in [3.63, 3.8) is 0 Å². The Balaban J connectivity index is 1.82. The number of hydrogen-bond donors (Lipinski definition) is 0. The maximum Gasteiger partial charge on any atom is 0.290 e. The van der Waals surface area contributed by atoms with E-state index in [9.17, 15) is 9.59 Å². The van der Waals surface area contributed by atoms with Crippen LogP contribution in [0.3, 0.4) is 0 Å². The third kappa shape index (κ3) is 4.05. The molecule has 1 amide bonds. The van der Waals surface area contributed by atoms with E-state index in [1.807, 2.05) is 19.1 Å². The molecule has 0 fully saturated rings. The zero-order valence-electron chi connectivity index (χ0n) is 18.5. The predicted octanol–water partition coefficient (Wildman–Crippen LogP) is 5.69. The molecular weight excluding hydrogens is 447 g/mol. The van der Waals surface area contributed by atoms with E-state index in [1.54, 1.807) is 29.2 Å². The quantitative estimate of drug-likeness (QED) is 0.443. The first-order valence-corrected chi connectivity index (χ1v) is 11.7. The van der Waals surface area contributed by atoms with Crippen LogP contribution in [-0.2, 0) is 0 Å². The molecule has 1 aliphatic rings. The van der Waals surface area contributed by atoms with Crippen LogP contribution in [0.25, 0.3) is 11.0 Å². The molecule has 0 bridgehead atoms. The Morgan fingerprint density at radius 3 is 2.41 bits per heavy atom. The van der Waals surface area contributed by atoms with Crippen molar-refractivity contribution in [1.29, 1.82) is 0 Å². The van der Waals surface area contributed by atoms with Crippen molar-refractivity contribution in [3.8, 4) is 0 Å². The van der Waals surface area contributed by atoms with Crippen molar-refractivity contribution in [3.05, 3.63) is 79.1 Å². The van der Waals surface area contributed by atoms with Crippen molar-refractivity contribution < 1.29 is 9.21 Å². The van der Waals surface area contributed by atoms with Gasteiger partial charge in [-0.15, -0.1) is 0 Å². The first kappa shape index (κ1) is 22.8. The van der Waals surface area contributed by atoms with E-state index in [2.05, 4.69) is 18.7 Å². The second kappa shape index (κ2) is 9.26. The van der Waals surface area contributed by atoms with Gasteiger partial charge in [0.1, 0.15) is 5.58 Å². The number of fused-ring (bicyclic) bond motifs is 2. The van der Waals surface area contributed by atoms with E-state index in [4.69, 9.17) is 27.6 Å². The maximum absolute atomic E-state index is 13.6. The topological polar surface area (TPSA) is 53.8 Å². The zero-order chi connectivity index (χ0) is 23.0. The summed E-state index contributed by atoms with van der Waals surface area (Å²) in [6.45, 7) is 9.39. The minimum Gasteiger partial charge on any atom is -0.450 e. The fraction of sp³-hybridized carbons (Fsp3) is 0.360. The molecule has 2 aromatic carbocycles. The van der Waals surface area contributed by atoms with E-state index >= 15 is 0 Å². The molecule has 0 saturated heterocycles. The fourth-order valence-electron chi connectivity index (χ4n) is 4.37. The van der Waals surface area contributed by atoms with Crippen LogP contribution in [0.2, 0.25) is 10.0 Å². The van der Waals surface area contributed by atoms with E-state index in [0.29, 0.717) is 33.1 Å². The number of hydrogen-bond acceptors (Lipinski definition) is 4. The van der Waals surface area contributed by atoms with Crippen molar-refractivity contribution in [2.24, 2.45) is 0 Å². The number of aryl methyl sites for hydroxylation is 1. The van der Waals surface area contributed by atoms with Gasteiger partial charge in [-0.3, -0.25) is 9.59 Å². The monoisotopic (exact) mass is 472 g/mol. The highest BCUT2D eigenvalue weighted by Crippen LogP contribution is 2.39. The largest absolute Gasteiger partial charge is 0.450 e. The normalized spacial score (nSPS) is 15.8. The standard InChI is InChI=1S/C25H26Cl2N2O3/c1-4-28(5-2)11-6-12-29-22(16-7-9-17(26)10-8-16)21-23(30)18-14-19(27)15(3)13-20(18)32-24(21)25(29)31/h7-10,13-14,22H,4-6,11-12H2,1-3H3. The Labute approximate surface area is 197 Å². The van der Waals surface area contributed by atoms with Crippen LogP contribution >= 0.6 is 23.2 Å². The van der Waals surface area contributed by atoms with Crippen molar-refractivity contribution in [1.82, 2.24) is 9.80 Å². The summed E-state index contributed by atoms with van der Waals surface area (Å²) in [5, 5.41) is 1.48. The molecule has 0 radical (unpaired) electrons. The summed E-state index contributed by atoms with van der Waals surface area (Å²) in [5.74, 6) is -0.141. The highest BCUT2D eigenvalue weighted by atomic mass is 35.5. The van der Waals surface area contributed by atoms with Gasteiger partial charge in [-0.2, -0.15) is 0 Å². The Morgan fingerprint density at radius 2 is 1.75 bits per heavy atom. The lowest BCUT2D eigenvalue weighted by Gasteiger charge is -2.26. The van der Waals surface area contributed by atoms with Gasteiger partial charge in [0.25, 0.3) is 5.91 Å². The summed E-state index contributed by atoms with van der Waals surface area (Å²) < 4.78 is 6.02. The molecule has 4 rings (SSSR count). The van der Waals surface area contributed by atoms with Crippen LogP contribution in [0.4, 0.5) is 0 Å². The number of benzene rings is 2. The molecule has 2 heterocycles. The number of amides is 1. The van der Waals surface area contributed by atoms with Gasteiger partial charge >= 0.3 is 0 Å². The summed E-state index contributed by atoms with van der Waals surface area (Å²) in [7, 11) is 0. The molecular formula is C25H26Cl2N2O3. The molecule has 0 spiro atoms. The minimum atomic E-state index is -0.521. The summed E-state index contributed by atoms with van der Waals surface area (Å²) in [6.07, 6.45) is 0.796. The summed E-state index contributed by atoms with van der Waals surface area (Å²) >= 11 is 12.4. The van der Waals surface area contributed by atoms with E-state index in [-0.39, 0.29) is 17.1 Å². The Morgan fingerprint density at radius 1 is 1.06 bits per heavy atom. The lowest BCUT2D eigenvalue weighted by molar-refractivity contribution is 0.0720. The van der Waals surface area contributed by atoms with Crippen LogP contribution in [0.5, 0.6) is 0 Å².